The molecule has 0 aliphatic heterocycles. The van der Waals surface area contributed by atoms with Gasteiger partial charge in [0, 0.05) is 11.0 Å². The number of hydrogen-bond acceptors (Lipinski definition) is 3. The van der Waals surface area contributed by atoms with Crippen LogP contribution in [0.2, 0.25) is 0 Å². The minimum absolute atomic E-state index is 0.706. The van der Waals surface area contributed by atoms with Crippen LogP contribution in [0.5, 0.6) is 11.5 Å². The Kier molecular flexibility index (Phi) is 9.51. The smallest absolute Gasteiger partial charge is 0.162 e. The molecule has 0 radical (unpaired) electrons. The number of halogens is 1. The van der Waals surface area contributed by atoms with E-state index < -0.39 is 0 Å². The van der Waals surface area contributed by atoms with Crippen LogP contribution in [0.1, 0.15) is 51.5 Å². The van der Waals surface area contributed by atoms with Crippen molar-refractivity contribution in [1.29, 1.82) is 0 Å². The second kappa shape index (κ2) is 10.9. The molecule has 0 amide bonds. The van der Waals surface area contributed by atoms with Crippen LogP contribution < -0.4 is 14.8 Å². The lowest BCUT2D eigenvalue weighted by atomic mass is 10.2. The Bertz CT molecular complexity index is 410. The average Bonchev–Trinajstić information content (AvgIpc) is 2.50. The molecule has 0 fully saturated rings. The molecular weight excluding hydrogens is 330 g/mol. The Morgan fingerprint density at radius 3 is 2.52 bits per heavy atom. The summed E-state index contributed by atoms with van der Waals surface area (Å²) in [5, 5.41) is 3.49. The van der Waals surface area contributed by atoms with Gasteiger partial charge in [-0.15, -0.1) is 0 Å². The third kappa shape index (κ3) is 6.70. The average molecular weight is 358 g/mol. The van der Waals surface area contributed by atoms with Crippen LogP contribution in [0.15, 0.2) is 16.6 Å². The lowest BCUT2D eigenvalue weighted by Gasteiger charge is -2.14. The summed E-state index contributed by atoms with van der Waals surface area (Å²) in [5.74, 6) is 1.60. The molecule has 0 saturated carbocycles. The molecule has 0 saturated heterocycles. The Balaban J connectivity index is 2.54. The Morgan fingerprint density at radius 2 is 1.86 bits per heavy atom. The fourth-order valence-electron chi connectivity index (χ4n) is 2.10. The maximum absolute atomic E-state index is 5.71. The first-order valence-corrected chi connectivity index (χ1v) is 8.72. The van der Waals surface area contributed by atoms with Crippen molar-refractivity contribution in [2.24, 2.45) is 0 Å². The van der Waals surface area contributed by atoms with E-state index in [-0.39, 0.29) is 0 Å². The highest BCUT2D eigenvalue weighted by atomic mass is 79.9. The van der Waals surface area contributed by atoms with Crippen LogP contribution in [0.3, 0.4) is 0 Å². The van der Waals surface area contributed by atoms with Gasteiger partial charge in [-0.3, -0.25) is 0 Å². The van der Waals surface area contributed by atoms with Crippen molar-refractivity contribution in [1.82, 2.24) is 5.32 Å². The molecule has 21 heavy (non-hydrogen) atoms. The van der Waals surface area contributed by atoms with E-state index in [0.717, 1.165) is 35.5 Å². The topological polar surface area (TPSA) is 30.5 Å². The standard InChI is InChI=1S/C17H28BrNO2/c1-4-6-7-8-9-19-13-14-11-16(20-3)17(12-15(14)18)21-10-5-2/h11-12,19H,4-10,13H2,1-3H3. The van der Waals surface area contributed by atoms with Crippen LogP contribution in [-0.2, 0) is 6.54 Å². The van der Waals surface area contributed by atoms with Crippen molar-refractivity contribution in [2.45, 2.75) is 52.5 Å². The lowest BCUT2D eigenvalue weighted by Crippen LogP contribution is -2.15. The summed E-state index contributed by atoms with van der Waals surface area (Å²) in [6.07, 6.45) is 6.13. The van der Waals surface area contributed by atoms with E-state index in [9.17, 15) is 0 Å². The summed E-state index contributed by atoms with van der Waals surface area (Å²) in [4.78, 5) is 0. The molecule has 0 bridgehead atoms. The zero-order valence-electron chi connectivity index (χ0n) is 13.5. The summed E-state index contributed by atoms with van der Waals surface area (Å²) in [6.45, 7) is 6.94. The fraction of sp³-hybridized carbons (Fsp3) is 0.647. The lowest BCUT2D eigenvalue weighted by molar-refractivity contribution is 0.294. The fourth-order valence-corrected chi connectivity index (χ4v) is 2.56. The second-order valence-electron chi connectivity index (χ2n) is 5.18. The zero-order chi connectivity index (χ0) is 15.5. The van der Waals surface area contributed by atoms with Crippen molar-refractivity contribution < 1.29 is 9.47 Å². The third-order valence-corrected chi connectivity index (χ3v) is 4.06. The third-order valence-electron chi connectivity index (χ3n) is 3.32. The van der Waals surface area contributed by atoms with Gasteiger partial charge in [0.25, 0.3) is 0 Å². The quantitative estimate of drug-likeness (QED) is 0.570. The monoisotopic (exact) mass is 357 g/mol. The summed E-state index contributed by atoms with van der Waals surface area (Å²) in [5.41, 5.74) is 1.20. The van der Waals surface area contributed by atoms with Crippen LogP contribution >= 0.6 is 15.9 Å². The predicted octanol–water partition coefficient (Wildman–Crippen LogP) is 4.92. The molecular formula is C17H28BrNO2. The number of rotatable bonds is 11. The minimum atomic E-state index is 0.706. The number of ether oxygens (including phenoxy) is 2. The predicted molar refractivity (Wildman–Crippen MR) is 92.3 cm³/mol. The van der Waals surface area contributed by atoms with Crippen LogP contribution in [0, 0.1) is 0 Å². The molecule has 3 nitrogen and oxygen atoms in total. The summed E-state index contributed by atoms with van der Waals surface area (Å²) >= 11 is 3.62. The SMILES string of the molecule is CCCCCCNCc1cc(OC)c(OCCC)cc1Br. The number of methoxy groups -OCH3 is 1. The molecule has 0 aromatic heterocycles. The van der Waals surface area contributed by atoms with Crippen molar-refractivity contribution in [3.8, 4) is 11.5 Å². The molecule has 1 aromatic rings. The first-order valence-electron chi connectivity index (χ1n) is 7.92. The van der Waals surface area contributed by atoms with Gasteiger partial charge in [0.1, 0.15) is 0 Å². The zero-order valence-corrected chi connectivity index (χ0v) is 15.1. The van der Waals surface area contributed by atoms with Gasteiger partial charge in [-0.05, 0) is 37.1 Å². The van der Waals surface area contributed by atoms with Gasteiger partial charge in [0.2, 0.25) is 0 Å². The van der Waals surface area contributed by atoms with Gasteiger partial charge in [-0.25, -0.2) is 0 Å². The van der Waals surface area contributed by atoms with E-state index >= 15 is 0 Å². The van der Waals surface area contributed by atoms with E-state index in [0.29, 0.717) is 6.61 Å². The number of benzene rings is 1. The van der Waals surface area contributed by atoms with Gasteiger partial charge < -0.3 is 14.8 Å². The highest BCUT2D eigenvalue weighted by Crippen LogP contribution is 2.33. The van der Waals surface area contributed by atoms with Gasteiger partial charge in [-0.2, -0.15) is 0 Å². The van der Waals surface area contributed by atoms with Gasteiger partial charge in [0.05, 0.1) is 13.7 Å². The number of hydrogen-bond donors (Lipinski definition) is 1. The largest absolute Gasteiger partial charge is 0.493 e. The number of unbranched alkanes of at least 4 members (excludes halogenated alkanes) is 3. The Hall–Kier alpha value is -0.740. The van der Waals surface area contributed by atoms with E-state index in [4.69, 9.17) is 9.47 Å². The Labute approximate surface area is 137 Å². The van der Waals surface area contributed by atoms with Crippen molar-refractivity contribution in [2.75, 3.05) is 20.3 Å². The van der Waals surface area contributed by atoms with Crippen LogP contribution in [-0.4, -0.2) is 20.3 Å². The van der Waals surface area contributed by atoms with Crippen molar-refractivity contribution in [3.63, 3.8) is 0 Å². The van der Waals surface area contributed by atoms with Gasteiger partial charge in [-0.1, -0.05) is 49.0 Å². The van der Waals surface area contributed by atoms with Crippen LogP contribution in [0.25, 0.3) is 0 Å². The van der Waals surface area contributed by atoms with Crippen molar-refractivity contribution >= 4 is 15.9 Å². The Morgan fingerprint density at radius 1 is 1.05 bits per heavy atom. The first kappa shape index (κ1) is 18.3. The molecule has 120 valence electrons. The molecule has 0 aliphatic carbocycles. The molecule has 0 aliphatic rings. The minimum Gasteiger partial charge on any atom is -0.493 e. The van der Waals surface area contributed by atoms with E-state index in [2.05, 4.69) is 35.1 Å². The second-order valence-corrected chi connectivity index (χ2v) is 6.03. The number of nitrogens with one attached hydrogen (secondary N) is 1. The van der Waals surface area contributed by atoms with Gasteiger partial charge >= 0.3 is 0 Å². The van der Waals surface area contributed by atoms with E-state index in [1.54, 1.807) is 7.11 Å². The summed E-state index contributed by atoms with van der Waals surface area (Å²) in [6, 6.07) is 4.05. The molecule has 1 aromatic carbocycles. The summed E-state index contributed by atoms with van der Waals surface area (Å²) < 4.78 is 12.2. The highest BCUT2D eigenvalue weighted by molar-refractivity contribution is 9.10. The molecule has 4 heteroatoms. The molecule has 0 heterocycles. The molecule has 0 spiro atoms. The van der Waals surface area contributed by atoms with E-state index in [1.165, 1.54) is 31.2 Å². The van der Waals surface area contributed by atoms with E-state index in [1.807, 2.05) is 12.1 Å². The molecule has 1 N–H and O–H groups in total. The highest BCUT2D eigenvalue weighted by Gasteiger charge is 2.10. The van der Waals surface area contributed by atoms with Gasteiger partial charge in [0.15, 0.2) is 11.5 Å². The van der Waals surface area contributed by atoms with Crippen molar-refractivity contribution in [3.05, 3.63) is 22.2 Å². The summed E-state index contributed by atoms with van der Waals surface area (Å²) in [7, 11) is 1.68. The molecule has 0 atom stereocenters. The maximum atomic E-state index is 5.71. The molecule has 0 unspecified atom stereocenters. The molecule has 1 rings (SSSR count). The maximum Gasteiger partial charge on any atom is 0.162 e. The van der Waals surface area contributed by atoms with Crippen LogP contribution in [0.4, 0.5) is 0 Å². The first-order chi connectivity index (χ1) is 10.2. The normalized spacial score (nSPS) is 10.7.